The van der Waals surface area contributed by atoms with Gasteiger partial charge in [-0.3, -0.25) is 0 Å². The summed E-state index contributed by atoms with van der Waals surface area (Å²) in [6.45, 7) is 3.53. The van der Waals surface area contributed by atoms with Crippen LogP contribution in [-0.2, 0) is 11.3 Å². The molecule has 0 saturated carbocycles. The molecule has 0 aliphatic carbocycles. The zero-order valence-electron chi connectivity index (χ0n) is 17.3. The van der Waals surface area contributed by atoms with Crippen molar-refractivity contribution in [3.8, 4) is 34.7 Å². The standard InChI is InChI=1S/C22H18N4O4.Na/c1-13(2)29-19-7-6-14(10-15(19)11-23)22-24-21(25-30-22)17-4-3-5-18-16(17)8-9-26(18)12-20(27)28;/h3-10,13H,12H2,1-2H3,(H,27,28);/q;+1/p-1. The van der Waals surface area contributed by atoms with Crippen LogP contribution < -0.4 is 39.4 Å². The molecule has 0 aliphatic rings. The van der Waals surface area contributed by atoms with Gasteiger partial charge in [0.25, 0.3) is 5.89 Å². The molecule has 0 spiro atoms. The van der Waals surface area contributed by atoms with Gasteiger partial charge in [0.05, 0.1) is 24.2 Å². The summed E-state index contributed by atoms with van der Waals surface area (Å²) >= 11 is 0. The van der Waals surface area contributed by atoms with Crippen molar-refractivity contribution in [2.75, 3.05) is 0 Å². The van der Waals surface area contributed by atoms with Crippen LogP contribution in [0.15, 0.2) is 53.2 Å². The minimum atomic E-state index is -1.17. The molecule has 0 radical (unpaired) electrons. The second kappa shape index (κ2) is 9.35. The number of benzene rings is 2. The third kappa shape index (κ3) is 4.64. The number of fused-ring (bicyclic) bond motifs is 1. The van der Waals surface area contributed by atoms with E-state index >= 15 is 0 Å². The molecular weight excluding hydrogens is 407 g/mol. The average Bonchev–Trinajstić information content (AvgIpc) is 3.35. The van der Waals surface area contributed by atoms with Crippen molar-refractivity contribution >= 4 is 16.9 Å². The van der Waals surface area contributed by atoms with E-state index in [-0.39, 0.29) is 48.1 Å². The Hall–Kier alpha value is -3.12. The zero-order chi connectivity index (χ0) is 21.3. The van der Waals surface area contributed by atoms with Gasteiger partial charge in [0.2, 0.25) is 5.82 Å². The Bertz CT molecular complexity index is 1290. The maximum atomic E-state index is 11.0. The summed E-state index contributed by atoms with van der Waals surface area (Å²) in [7, 11) is 0. The molecule has 2 aromatic carbocycles. The van der Waals surface area contributed by atoms with E-state index in [1.165, 1.54) is 0 Å². The number of hydrogen-bond acceptors (Lipinski definition) is 7. The van der Waals surface area contributed by atoms with E-state index in [4.69, 9.17) is 9.26 Å². The Labute approximate surface area is 200 Å². The molecule has 4 aromatic rings. The van der Waals surface area contributed by atoms with Crippen LogP contribution in [0.5, 0.6) is 5.75 Å². The molecule has 9 heteroatoms. The molecule has 0 unspecified atom stereocenters. The van der Waals surface area contributed by atoms with Crippen molar-refractivity contribution in [1.82, 2.24) is 14.7 Å². The van der Waals surface area contributed by atoms with Crippen LogP contribution >= 0.6 is 0 Å². The number of nitriles is 1. The average molecular weight is 424 g/mol. The SMILES string of the molecule is CC(C)Oc1ccc(-c2nc(-c3cccc4c3ccn4CC(=O)[O-])no2)cc1C#N.[Na+]. The molecule has 150 valence electrons. The molecule has 31 heavy (non-hydrogen) atoms. The molecule has 2 aromatic heterocycles. The number of aromatic nitrogens is 3. The van der Waals surface area contributed by atoms with Crippen LogP contribution in [0.3, 0.4) is 0 Å². The second-order valence-electron chi connectivity index (χ2n) is 6.97. The largest absolute Gasteiger partial charge is 1.00 e. The van der Waals surface area contributed by atoms with Crippen LogP contribution in [0.25, 0.3) is 33.7 Å². The van der Waals surface area contributed by atoms with Crippen LogP contribution in [0.2, 0.25) is 0 Å². The first kappa shape index (κ1) is 22.6. The second-order valence-corrected chi connectivity index (χ2v) is 6.97. The summed E-state index contributed by atoms with van der Waals surface area (Å²) in [5, 5.41) is 25.2. The van der Waals surface area contributed by atoms with Crippen LogP contribution in [0, 0.1) is 11.3 Å². The van der Waals surface area contributed by atoms with Gasteiger partial charge in [-0.1, -0.05) is 17.3 Å². The number of carboxylic acids is 1. The number of carboxylic acid groups (broad SMARTS) is 1. The van der Waals surface area contributed by atoms with Gasteiger partial charge in [-0.2, -0.15) is 10.2 Å². The molecule has 4 rings (SSSR count). The monoisotopic (exact) mass is 424 g/mol. The van der Waals surface area contributed by atoms with Gasteiger partial charge in [0.1, 0.15) is 11.8 Å². The fraction of sp³-hybridized carbons (Fsp3) is 0.182. The Morgan fingerprint density at radius 3 is 2.81 bits per heavy atom. The first-order valence-corrected chi connectivity index (χ1v) is 9.29. The summed E-state index contributed by atoms with van der Waals surface area (Å²) in [6, 6.07) is 14.5. The number of hydrogen-bond donors (Lipinski definition) is 0. The Morgan fingerprint density at radius 2 is 2.10 bits per heavy atom. The van der Waals surface area contributed by atoms with Gasteiger partial charge < -0.3 is 23.7 Å². The number of nitrogens with zero attached hydrogens (tertiary/aromatic N) is 4. The van der Waals surface area contributed by atoms with E-state index in [9.17, 15) is 15.2 Å². The quantitative estimate of drug-likeness (QED) is 0.393. The molecule has 0 amide bonds. The maximum Gasteiger partial charge on any atom is 1.00 e. The molecule has 0 saturated heterocycles. The Morgan fingerprint density at radius 1 is 1.29 bits per heavy atom. The molecule has 8 nitrogen and oxygen atoms in total. The van der Waals surface area contributed by atoms with Crippen molar-refractivity contribution in [2.45, 2.75) is 26.5 Å². The zero-order valence-corrected chi connectivity index (χ0v) is 19.3. The molecular formula is C22H17N4NaO4. The summed E-state index contributed by atoms with van der Waals surface area (Å²) in [4.78, 5) is 15.4. The van der Waals surface area contributed by atoms with E-state index in [2.05, 4.69) is 16.2 Å². The van der Waals surface area contributed by atoms with Gasteiger partial charge in [-0.25, -0.2) is 0 Å². The Kier molecular flexibility index (Phi) is 6.81. The summed E-state index contributed by atoms with van der Waals surface area (Å²) in [6.07, 6.45) is 1.63. The van der Waals surface area contributed by atoms with Crippen molar-refractivity contribution in [2.24, 2.45) is 0 Å². The molecule has 2 heterocycles. The normalized spacial score (nSPS) is 10.6. The van der Waals surface area contributed by atoms with Crippen LogP contribution in [0.1, 0.15) is 19.4 Å². The van der Waals surface area contributed by atoms with E-state index in [1.54, 1.807) is 41.1 Å². The Balaban J connectivity index is 0.00000272. The number of rotatable bonds is 6. The van der Waals surface area contributed by atoms with Crippen LogP contribution in [-0.4, -0.2) is 26.8 Å². The van der Waals surface area contributed by atoms with E-state index in [0.29, 0.717) is 28.3 Å². The molecule has 0 N–H and O–H groups in total. The third-order valence-electron chi connectivity index (χ3n) is 4.49. The predicted molar refractivity (Wildman–Crippen MR) is 106 cm³/mol. The molecule has 0 atom stereocenters. The molecule has 0 aliphatic heterocycles. The smallest absolute Gasteiger partial charge is 0.548 e. The van der Waals surface area contributed by atoms with Crippen molar-refractivity contribution < 1.29 is 48.7 Å². The van der Waals surface area contributed by atoms with Gasteiger partial charge in [-0.15, -0.1) is 0 Å². The third-order valence-corrected chi connectivity index (χ3v) is 4.49. The number of aliphatic carboxylic acids is 1. The van der Waals surface area contributed by atoms with Gasteiger partial charge in [0.15, 0.2) is 0 Å². The van der Waals surface area contributed by atoms with E-state index < -0.39 is 5.97 Å². The van der Waals surface area contributed by atoms with Gasteiger partial charge in [-0.05, 0) is 44.2 Å². The number of ether oxygens (including phenoxy) is 1. The van der Waals surface area contributed by atoms with Crippen molar-refractivity contribution in [3.63, 3.8) is 0 Å². The molecule has 0 bridgehead atoms. The van der Waals surface area contributed by atoms with E-state index in [1.807, 2.05) is 26.0 Å². The predicted octanol–water partition coefficient (Wildman–Crippen LogP) is -0.229. The molecule has 0 fully saturated rings. The topological polar surface area (TPSA) is 117 Å². The van der Waals surface area contributed by atoms with Crippen molar-refractivity contribution in [1.29, 1.82) is 5.26 Å². The summed E-state index contributed by atoms with van der Waals surface area (Å²) < 4.78 is 12.7. The van der Waals surface area contributed by atoms with Gasteiger partial charge in [0, 0.05) is 28.2 Å². The summed E-state index contributed by atoms with van der Waals surface area (Å²) in [5.74, 6) is -0.0421. The first-order valence-electron chi connectivity index (χ1n) is 9.29. The fourth-order valence-electron chi connectivity index (χ4n) is 3.25. The van der Waals surface area contributed by atoms with Gasteiger partial charge >= 0.3 is 29.6 Å². The first-order chi connectivity index (χ1) is 14.5. The fourth-order valence-corrected chi connectivity index (χ4v) is 3.25. The maximum absolute atomic E-state index is 11.0. The minimum Gasteiger partial charge on any atom is -0.548 e. The number of carbonyl (C=O) groups excluding carboxylic acids is 1. The van der Waals surface area contributed by atoms with Crippen molar-refractivity contribution in [3.05, 3.63) is 54.2 Å². The van der Waals surface area contributed by atoms with Crippen LogP contribution in [0.4, 0.5) is 0 Å². The minimum absolute atomic E-state index is 0. The number of carbonyl (C=O) groups is 1. The van der Waals surface area contributed by atoms with E-state index in [0.717, 1.165) is 10.9 Å². The summed E-state index contributed by atoms with van der Waals surface area (Å²) in [5.41, 5.74) is 2.41.